The fourth-order valence-corrected chi connectivity index (χ4v) is 3.44. The van der Waals surface area contributed by atoms with E-state index in [1.54, 1.807) is 10.6 Å². The molecule has 0 saturated heterocycles. The molecule has 6 nitrogen and oxygen atoms in total. The second kappa shape index (κ2) is 7.35. The molecule has 146 valence electrons. The maximum Gasteiger partial charge on any atom is 0.337 e. The number of nitrogens with zero attached hydrogens (tertiary/aromatic N) is 4. The number of hydrogen-bond donors (Lipinski definition) is 0. The van der Waals surface area contributed by atoms with E-state index in [0.29, 0.717) is 12.2 Å². The number of hydrogen-bond acceptors (Lipinski definition) is 3. The minimum atomic E-state index is -0.589. The van der Waals surface area contributed by atoms with E-state index in [1.165, 1.54) is 35.2 Å². The first-order valence-corrected chi connectivity index (χ1v) is 9.12. The van der Waals surface area contributed by atoms with E-state index in [9.17, 15) is 14.0 Å². The normalized spacial score (nSPS) is 11.1. The Kier molecular flexibility index (Phi) is 4.72. The lowest BCUT2D eigenvalue weighted by atomic mass is 10.1. The summed E-state index contributed by atoms with van der Waals surface area (Å²) < 4.78 is 17.9. The van der Waals surface area contributed by atoms with Crippen LogP contribution in [-0.2, 0) is 13.1 Å². The van der Waals surface area contributed by atoms with Gasteiger partial charge in [-0.2, -0.15) is 0 Å². The van der Waals surface area contributed by atoms with Gasteiger partial charge in [-0.3, -0.25) is 9.36 Å². The lowest BCUT2D eigenvalue weighted by Gasteiger charge is -2.12. The minimum Gasteiger partial charge on any atom is -0.320 e. The standard InChI is InChI=1S/C22H19FN4O2/c1-3-10-26-21(28)19-20(27(22(26)29)18-9-5-8-17(23)12-18)24-14-25(19)13-16-7-4-6-15(2)11-16/h3-9,11-12,14H,1,10,13H2,2H3. The van der Waals surface area contributed by atoms with Crippen molar-refractivity contribution in [3.8, 4) is 5.69 Å². The van der Waals surface area contributed by atoms with Gasteiger partial charge in [0.2, 0.25) is 0 Å². The molecule has 0 atom stereocenters. The van der Waals surface area contributed by atoms with Crippen molar-refractivity contribution in [2.24, 2.45) is 0 Å². The van der Waals surface area contributed by atoms with E-state index in [0.717, 1.165) is 15.7 Å². The number of benzene rings is 2. The average Bonchev–Trinajstić information content (AvgIpc) is 3.09. The maximum atomic E-state index is 13.8. The van der Waals surface area contributed by atoms with Gasteiger partial charge in [-0.05, 0) is 30.7 Å². The molecular weight excluding hydrogens is 371 g/mol. The van der Waals surface area contributed by atoms with Crippen molar-refractivity contribution < 1.29 is 4.39 Å². The second-order valence-corrected chi connectivity index (χ2v) is 6.84. The molecule has 4 rings (SSSR count). The molecule has 0 fully saturated rings. The topological polar surface area (TPSA) is 61.8 Å². The minimum absolute atomic E-state index is 0.0402. The Bertz CT molecular complexity index is 1350. The van der Waals surface area contributed by atoms with Crippen LogP contribution in [-0.4, -0.2) is 18.7 Å². The molecular formula is C22H19FN4O2. The summed E-state index contributed by atoms with van der Waals surface area (Å²) in [5.41, 5.74) is 1.83. The van der Waals surface area contributed by atoms with E-state index in [1.807, 2.05) is 31.2 Å². The molecule has 0 aliphatic heterocycles. The lowest BCUT2D eigenvalue weighted by molar-refractivity contribution is 0.624. The third-order valence-electron chi connectivity index (χ3n) is 4.71. The molecule has 0 amide bonds. The SMILES string of the molecule is C=CCn1c(=O)c2c(ncn2Cc2cccc(C)c2)n(-c2cccc(F)c2)c1=O. The number of rotatable bonds is 5. The van der Waals surface area contributed by atoms with Crippen molar-refractivity contribution in [3.63, 3.8) is 0 Å². The molecule has 4 aromatic rings. The van der Waals surface area contributed by atoms with Crippen LogP contribution in [0.1, 0.15) is 11.1 Å². The fourth-order valence-electron chi connectivity index (χ4n) is 3.44. The number of halogens is 1. The second-order valence-electron chi connectivity index (χ2n) is 6.84. The van der Waals surface area contributed by atoms with Gasteiger partial charge in [-0.25, -0.2) is 18.7 Å². The summed E-state index contributed by atoms with van der Waals surface area (Å²) in [6.45, 7) is 6.09. The van der Waals surface area contributed by atoms with Crippen molar-refractivity contribution >= 4 is 11.2 Å². The first-order valence-electron chi connectivity index (χ1n) is 9.12. The zero-order valence-corrected chi connectivity index (χ0v) is 15.9. The van der Waals surface area contributed by atoms with Crippen LogP contribution >= 0.6 is 0 Å². The first-order chi connectivity index (χ1) is 14.0. The van der Waals surface area contributed by atoms with Crippen molar-refractivity contribution in [1.82, 2.24) is 18.7 Å². The number of aryl methyl sites for hydroxylation is 1. The molecule has 2 heterocycles. The Morgan fingerprint density at radius 1 is 1.14 bits per heavy atom. The highest BCUT2D eigenvalue weighted by Crippen LogP contribution is 2.16. The Balaban J connectivity index is 2.01. The summed E-state index contributed by atoms with van der Waals surface area (Å²) in [6.07, 6.45) is 3.01. The molecule has 7 heteroatoms. The van der Waals surface area contributed by atoms with E-state index in [4.69, 9.17) is 0 Å². The molecule has 0 aliphatic carbocycles. The number of allylic oxidation sites excluding steroid dienone is 1. The molecule has 0 saturated carbocycles. The summed E-state index contributed by atoms with van der Waals surface area (Å²) in [7, 11) is 0. The summed E-state index contributed by atoms with van der Waals surface area (Å²) in [4.78, 5) is 30.5. The van der Waals surface area contributed by atoms with Crippen LogP contribution in [0.5, 0.6) is 0 Å². The maximum absolute atomic E-state index is 13.8. The van der Waals surface area contributed by atoms with Crippen LogP contribution in [0.4, 0.5) is 4.39 Å². The third kappa shape index (κ3) is 3.31. The number of imidazole rings is 1. The Hall–Kier alpha value is -3.74. The molecule has 0 radical (unpaired) electrons. The van der Waals surface area contributed by atoms with Crippen LogP contribution in [0.2, 0.25) is 0 Å². The van der Waals surface area contributed by atoms with Crippen molar-refractivity contribution in [1.29, 1.82) is 0 Å². The van der Waals surface area contributed by atoms with Crippen molar-refractivity contribution in [3.05, 3.63) is 105 Å². The molecule has 0 bridgehead atoms. The van der Waals surface area contributed by atoms with Gasteiger partial charge in [-0.1, -0.05) is 42.0 Å². The highest BCUT2D eigenvalue weighted by atomic mass is 19.1. The van der Waals surface area contributed by atoms with Gasteiger partial charge in [0.1, 0.15) is 5.82 Å². The Morgan fingerprint density at radius 2 is 1.93 bits per heavy atom. The molecule has 0 aliphatic rings. The quantitative estimate of drug-likeness (QED) is 0.492. The van der Waals surface area contributed by atoms with Crippen LogP contribution in [0, 0.1) is 12.7 Å². The molecule has 2 aromatic heterocycles. The van der Waals surface area contributed by atoms with Crippen LogP contribution in [0.15, 0.2) is 77.1 Å². The van der Waals surface area contributed by atoms with Crippen molar-refractivity contribution in [2.75, 3.05) is 0 Å². The molecule has 0 unspecified atom stereocenters. The van der Waals surface area contributed by atoms with Gasteiger partial charge in [0.25, 0.3) is 5.56 Å². The van der Waals surface area contributed by atoms with Crippen molar-refractivity contribution in [2.45, 2.75) is 20.0 Å². The third-order valence-corrected chi connectivity index (χ3v) is 4.71. The lowest BCUT2D eigenvalue weighted by Crippen LogP contribution is -2.39. The van der Waals surface area contributed by atoms with Crippen LogP contribution in [0.25, 0.3) is 16.9 Å². The van der Waals surface area contributed by atoms with Gasteiger partial charge in [0.05, 0.1) is 12.0 Å². The summed E-state index contributed by atoms with van der Waals surface area (Å²) in [5.74, 6) is -0.483. The highest BCUT2D eigenvalue weighted by molar-refractivity contribution is 5.72. The van der Waals surface area contributed by atoms with Crippen LogP contribution in [0.3, 0.4) is 0 Å². The molecule has 29 heavy (non-hydrogen) atoms. The first kappa shape index (κ1) is 18.6. The van der Waals surface area contributed by atoms with Gasteiger partial charge in [0, 0.05) is 13.1 Å². The van der Waals surface area contributed by atoms with Gasteiger partial charge < -0.3 is 4.57 Å². The van der Waals surface area contributed by atoms with E-state index >= 15 is 0 Å². The van der Waals surface area contributed by atoms with Gasteiger partial charge >= 0.3 is 5.69 Å². The fraction of sp³-hybridized carbons (Fsp3) is 0.136. The summed E-state index contributed by atoms with van der Waals surface area (Å²) >= 11 is 0. The Labute approximate surface area is 165 Å². The van der Waals surface area contributed by atoms with E-state index in [2.05, 4.69) is 11.6 Å². The highest BCUT2D eigenvalue weighted by Gasteiger charge is 2.19. The average molecular weight is 390 g/mol. The van der Waals surface area contributed by atoms with E-state index in [-0.39, 0.29) is 17.7 Å². The monoisotopic (exact) mass is 390 g/mol. The molecule has 0 spiro atoms. The number of aromatic nitrogens is 4. The number of fused-ring (bicyclic) bond motifs is 1. The summed E-state index contributed by atoms with van der Waals surface area (Å²) in [6, 6.07) is 13.6. The van der Waals surface area contributed by atoms with Crippen LogP contribution < -0.4 is 11.2 Å². The predicted molar refractivity (Wildman–Crippen MR) is 110 cm³/mol. The smallest absolute Gasteiger partial charge is 0.320 e. The van der Waals surface area contributed by atoms with E-state index < -0.39 is 17.1 Å². The zero-order chi connectivity index (χ0) is 20.5. The predicted octanol–water partition coefficient (Wildman–Crippen LogP) is 3.03. The van der Waals surface area contributed by atoms with Gasteiger partial charge in [0.15, 0.2) is 11.2 Å². The van der Waals surface area contributed by atoms with Gasteiger partial charge in [-0.15, -0.1) is 6.58 Å². The largest absolute Gasteiger partial charge is 0.337 e. The Morgan fingerprint density at radius 3 is 2.66 bits per heavy atom. The summed E-state index contributed by atoms with van der Waals surface area (Å²) in [5, 5.41) is 0. The molecule has 2 aromatic carbocycles. The zero-order valence-electron chi connectivity index (χ0n) is 15.9. The molecule has 0 N–H and O–H groups in total.